The van der Waals surface area contributed by atoms with E-state index in [-0.39, 0.29) is 11.1 Å². The molecule has 0 radical (unpaired) electrons. The van der Waals surface area contributed by atoms with Gasteiger partial charge in [-0.05, 0) is 6.92 Å². The summed E-state index contributed by atoms with van der Waals surface area (Å²) < 4.78 is 0. The average molecular weight is 220 g/mol. The third-order valence-electron chi connectivity index (χ3n) is 1.25. The summed E-state index contributed by atoms with van der Waals surface area (Å²) in [6.45, 7) is 1.57. The van der Waals surface area contributed by atoms with Crippen molar-refractivity contribution in [1.82, 2.24) is 9.97 Å². The van der Waals surface area contributed by atoms with Gasteiger partial charge in [0.1, 0.15) is 22.7 Å². The van der Waals surface area contributed by atoms with Crippen LogP contribution in [0.3, 0.4) is 0 Å². The van der Waals surface area contributed by atoms with Crippen LogP contribution in [0.15, 0.2) is 12.4 Å². The van der Waals surface area contributed by atoms with Crippen LogP contribution in [0.1, 0.15) is 6.92 Å². The standard InChI is InChI=1S/C7H7Cl2N3O/c1-4(8)7(13)12-6-2-5(9)10-3-11-6/h2-4H,1H3,(H,10,11,12,13). The summed E-state index contributed by atoms with van der Waals surface area (Å²) >= 11 is 11.1. The quantitative estimate of drug-likeness (QED) is 0.609. The highest BCUT2D eigenvalue weighted by Gasteiger charge is 2.09. The van der Waals surface area contributed by atoms with Gasteiger partial charge in [0.05, 0.1) is 0 Å². The number of hydrogen-bond donors (Lipinski definition) is 1. The second kappa shape index (κ2) is 4.39. The maximum atomic E-state index is 11.1. The number of nitrogens with one attached hydrogen (secondary N) is 1. The molecule has 0 aliphatic carbocycles. The minimum atomic E-state index is -0.603. The van der Waals surface area contributed by atoms with E-state index in [1.165, 1.54) is 12.4 Å². The Bertz CT molecular complexity index is 316. The topological polar surface area (TPSA) is 54.9 Å². The molecule has 1 atom stereocenters. The molecule has 4 nitrogen and oxygen atoms in total. The third-order valence-corrected chi connectivity index (χ3v) is 1.65. The molecule has 1 rings (SSSR count). The first kappa shape index (κ1) is 10.2. The molecular formula is C7H7Cl2N3O. The van der Waals surface area contributed by atoms with Gasteiger partial charge in [0, 0.05) is 6.07 Å². The molecular weight excluding hydrogens is 213 g/mol. The molecule has 0 bridgehead atoms. The zero-order valence-corrected chi connectivity index (χ0v) is 8.30. The molecule has 0 aliphatic rings. The fraction of sp³-hybridized carbons (Fsp3) is 0.286. The highest BCUT2D eigenvalue weighted by Crippen LogP contribution is 2.09. The summed E-state index contributed by atoms with van der Waals surface area (Å²) in [5.74, 6) is 0.0222. The van der Waals surface area contributed by atoms with E-state index in [4.69, 9.17) is 23.2 Å². The fourth-order valence-corrected chi connectivity index (χ4v) is 0.829. The van der Waals surface area contributed by atoms with Crippen molar-refractivity contribution in [1.29, 1.82) is 0 Å². The molecule has 1 amide bonds. The van der Waals surface area contributed by atoms with Gasteiger partial charge in [0.15, 0.2) is 0 Å². The van der Waals surface area contributed by atoms with Crippen LogP contribution in [0.4, 0.5) is 5.82 Å². The van der Waals surface area contributed by atoms with Crippen LogP contribution >= 0.6 is 23.2 Å². The van der Waals surface area contributed by atoms with Crippen molar-refractivity contribution in [2.45, 2.75) is 12.3 Å². The normalized spacial score (nSPS) is 12.2. The first-order chi connectivity index (χ1) is 6.09. The van der Waals surface area contributed by atoms with Crippen molar-refractivity contribution in [3.8, 4) is 0 Å². The van der Waals surface area contributed by atoms with E-state index in [0.717, 1.165) is 0 Å². The van der Waals surface area contributed by atoms with Crippen LogP contribution in [0.2, 0.25) is 5.15 Å². The molecule has 70 valence electrons. The van der Waals surface area contributed by atoms with Gasteiger partial charge in [-0.25, -0.2) is 9.97 Å². The molecule has 0 aliphatic heterocycles. The Hall–Kier alpha value is -0.870. The van der Waals surface area contributed by atoms with Crippen LogP contribution in [0.5, 0.6) is 0 Å². The Balaban J connectivity index is 2.69. The molecule has 1 unspecified atom stereocenters. The van der Waals surface area contributed by atoms with Crippen LogP contribution in [-0.2, 0) is 4.79 Å². The van der Waals surface area contributed by atoms with Crippen LogP contribution in [0, 0.1) is 0 Å². The predicted molar refractivity (Wildman–Crippen MR) is 51.0 cm³/mol. The second-order valence-electron chi connectivity index (χ2n) is 2.33. The third kappa shape index (κ3) is 3.16. The maximum absolute atomic E-state index is 11.1. The number of anilines is 1. The lowest BCUT2D eigenvalue weighted by molar-refractivity contribution is -0.115. The summed E-state index contributed by atoms with van der Waals surface area (Å²) in [6, 6.07) is 1.44. The number of alkyl halides is 1. The van der Waals surface area contributed by atoms with Crippen molar-refractivity contribution < 1.29 is 4.79 Å². The largest absolute Gasteiger partial charge is 0.309 e. The monoisotopic (exact) mass is 219 g/mol. The summed E-state index contributed by atoms with van der Waals surface area (Å²) in [7, 11) is 0. The predicted octanol–water partition coefficient (Wildman–Crippen LogP) is 1.70. The smallest absolute Gasteiger partial charge is 0.243 e. The Labute approximate surface area is 85.3 Å². The van der Waals surface area contributed by atoms with Gasteiger partial charge in [0.2, 0.25) is 5.91 Å². The summed E-state index contributed by atoms with van der Waals surface area (Å²) in [6.07, 6.45) is 1.26. The molecule has 13 heavy (non-hydrogen) atoms. The minimum Gasteiger partial charge on any atom is -0.309 e. The molecule has 0 saturated carbocycles. The molecule has 1 aromatic rings. The molecule has 0 spiro atoms. The summed E-state index contributed by atoms with van der Waals surface area (Å²) in [4.78, 5) is 18.5. The molecule has 1 N–H and O–H groups in total. The number of carbonyl (C=O) groups is 1. The van der Waals surface area contributed by atoms with E-state index in [2.05, 4.69) is 15.3 Å². The van der Waals surface area contributed by atoms with Gasteiger partial charge < -0.3 is 5.32 Å². The van der Waals surface area contributed by atoms with Crippen LogP contribution < -0.4 is 5.32 Å². The van der Waals surface area contributed by atoms with E-state index in [1.807, 2.05) is 0 Å². The van der Waals surface area contributed by atoms with Crippen molar-refractivity contribution in [3.05, 3.63) is 17.5 Å². The number of aromatic nitrogens is 2. The number of amides is 1. The van der Waals surface area contributed by atoms with Crippen molar-refractivity contribution >= 4 is 34.9 Å². The molecule has 1 aromatic heterocycles. The molecule has 1 heterocycles. The Kier molecular flexibility index (Phi) is 3.45. The van der Waals surface area contributed by atoms with Crippen molar-refractivity contribution in [2.75, 3.05) is 5.32 Å². The first-order valence-corrected chi connectivity index (χ1v) is 4.33. The molecule has 0 aromatic carbocycles. The highest BCUT2D eigenvalue weighted by atomic mass is 35.5. The number of halogens is 2. The van der Waals surface area contributed by atoms with Gasteiger partial charge in [0.25, 0.3) is 0 Å². The molecule has 0 saturated heterocycles. The van der Waals surface area contributed by atoms with Gasteiger partial charge in [-0.15, -0.1) is 11.6 Å². The fourth-order valence-electron chi connectivity index (χ4n) is 0.628. The van der Waals surface area contributed by atoms with E-state index >= 15 is 0 Å². The van der Waals surface area contributed by atoms with Crippen molar-refractivity contribution in [2.24, 2.45) is 0 Å². The van der Waals surface area contributed by atoms with E-state index < -0.39 is 5.38 Å². The van der Waals surface area contributed by atoms with E-state index in [1.54, 1.807) is 6.92 Å². The summed E-state index contributed by atoms with van der Waals surface area (Å²) in [5, 5.41) is 2.14. The zero-order chi connectivity index (χ0) is 9.84. The average Bonchev–Trinajstić information content (AvgIpc) is 2.04. The molecule has 0 fully saturated rings. The van der Waals surface area contributed by atoms with Gasteiger partial charge in [-0.1, -0.05) is 11.6 Å². The number of hydrogen-bond acceptors (Lipinski definition) is 3. The zero-order valence-electron chi connectivity index (χ0n) is 6.79. The van der Waals surface area contributed by atoms with Crippen molar-refractivity contribution in [3.63, 3.8) is 0 Å². The van der Waals surface area contributed by atoms with Gasteiger partial charge in [-0.3, -0.25) is 4.79 Å². The lowest BCUT2D eigenvalue weighted by atomic mass is 10.4. The van der Waals surface area contributed by atoms with E-state index in [0.29, 0.717) is 5.82 Å². The number of nitrogens with zero attached hydrogens (tertiary/aromatic N) is 2. The number of rotatable bonds is 2. The Morgan fingerprint density at radius 3 is 2.85 bits per heavy atom. The first-order valence-electron chi connectivity index (χ1n) is 3.52. The van der Waals surface area contributed by atoms with Crippen LogP contribution in [0.25, 0.3) is 0 Å². The maximum Gasteiger partial charge on any atom is 0.243 e. The SMILES string of the molecule is CC(Cl)C(=O)Nc1cc(Cl)ncn1. The lowest BCUT2D eigenvalue weighted by Gasteiger charge is -2.04. The van der Waals surface area contributed by atoms with Gasteiger partial charge >= 0.3 is 0 Å². The second-order valence-corrected chi connectivity index (χ2v) is 3.37. The Morgan fingerprint density at radius 2 is 2.31 bits per heavy atom. The minimum absolute atomic E-state index is 0.271. The lowest BCUT2D eigenvalue weighted by Crippen LogP contribution is -2.20. The van der Waals surface area contributed by atoms with Gasteiger partial charge in [-0.2, -0.15) is 0 Å². The van der Waals surface area contributed by atoms with E-state index in [9.17, 15) is 4.79 Å². The summed E-state index contributed by atoms with van der Waals surface area (Å²) in [5.41, 5.74) is 0. The highest BCUT2D eigenvalue weighted by molar-refractivity contribution is 6.32. The van der Waals surface area contributed by atoms with Crippen LogP contribution in [-0.4, -0.2) is 21.3 Å². The number of carbonyl (C=O) groups excluding carboxylic acids is 1. The molecule has 6 heteroatoms. The Morgan fingerprint density at radius 1 is 1.62 bits per heavy atom.